The number of nitrogens with zero attached hydrogens (tertiary/aromatic N) is 3. The second-order valence-corrected chi connectivity index (χ2v) is 8.89. The van der Waals surface area contributed by atoms with Crippen LogP contribution in [0.5, 0.6) is 0 Å². The van der Waals surface area contributed by atoms with Gasteiger partial charge in [0.25, 0.3) is 0 Å². The lowest BCUT2D eigenvalue weighted by atomic mass is 10.2. The van der Waals surface area contributed by atoms with Crippen LogP contribution in [0.1, 0.15) is 17.0 Å². The van der Waals surface area contributed by atoms with Gasteiger partial charge in [0.15, 0.2) is 11.0 Å². The van der Waals surface area contributed by atoms with Crippen LogP contribution in [-0.2, 0) is 11.3 Å². The van der Waals surface area contributed by atoms with Gasteiger partial charge in [-0.1, -0.05) is 65.8 Å². The largest absolute Gasteiger partial charge is 0.378 e. The van der Waals surface area contributed by atoms with E-state index in [4.69, 9.17) is 11.6 Å². The molecule has 0 aliphatic carbocycles. The number of benzene rings is 3. The molecule has 33 heavy (non-hydrogen) atoms. The number of thioether (sulfide) groups is 1. The molecule has 0 bridgehead atoms. The van der Waals surface area contributed by atoms with Crippen molar-refractivity contribution in [2.45, 2.75) is 25.5 Å². The maximum atomic E-state index is 12.5. The van der Waals surface area contributed by atoms with E-state index in [1.807, 2.05) is 72.2 Å². The zero-order valence-corrected chi connectivity index (χ0v) is 20.0. The van der Waals surface area contributed by atoms with Gasteiger partial charge in [-0.15, -0.1) is 10.2 Å². The van der Waals surface area contributed by atoms with Crippen LogP contribution in [0.3, 0.4) is 0 Å². The van der Waals surface area contributed by atoms with Crippen molar-refractivity contribution in [3.63, 3.8) is 0 Å². The van der Waals surface area contributed by atoms with Crippen molar-refractivity contribution in [3.05, 3.63) is 94.8 Å². The summed E-state index contributed by atoms with van der Waals surface area (Å²) >= 11 is 7.50. The van der Waals surface area contributed by atoms with E-state index in [1.165, 1.54) is 11.8 Å². The van der Waals surface area contributed by atoms with Crippen molar-refractivity contribution in [1.29, 1.82) is 0 Å². The van der Waals surface area contributed by atoms with E-state index in [0.717, 1.165) is 28.3 Å². The third kappa shape index (κ3) is 5.74. The van der Waals surface area contributed by atoms with Crippen molar-refractivity contribution in [2.24, 2.45) is 0 Å². The number of nitrogens with one attached hydrogen (secondary N) is 2. The smallest absolute Gasteiger partial charge is 0.234 e. The molecule has 0 atom stereocenters. The molecule has 2 N–H and O–H groups in total. The number of hydrogen-bond donors (Lipinski definition) is 2. The Labute approximate surface area is 202 Å². The number of rotatable bonds is 8. The third-order valence-electron chi connectivity index (χ3n) is 5.08. The van der Waals surface area contributed by atoms with Gasteiger partial charge in [-0.25, -0.2) is 0 Å². The Kier molecular flexibility index (Phi) is 7.32. The second-order valence-electron chi connectivity index (χ2n) is 7.54. The number of halogens is 1. The number of hydrogen-bond acceptors (Lipinski definition) is 5. The summed E-state index contributed by atoms with van der Waals surface area (Å²) in [6, 6.07) is 23.5. The minimum atomic E-state index is -0.137. The molecule has 1 amide bonds. The number of carbonyl (C=O) groups excluding carboxylic acids is 1. The lowest BCUT2D eigenvalue weighted by molar-refractivity contribution is -0.113. The molecule has 3 aromatic carbocycles. The summed E-state index contributed by atoms with van der Waals surface area (Å²) in [6.45, 7) is 4.48. The summed E-state index contributed by atoms with van der Waals surface area (Å²) in [5.41, 5.74) is 4.78. The Morgan fingerprint density at radius 2 is 1.73 bits per heavy atom. The monoisotopic (exact) mass is 477 g/mol. The van der Waals surface area contributed by atoms with Crippen LogP contribution >= 0.6 is 23.4 Å². The first kappa shape index (κ1) is 22.9. The number of anilines is 2. The first-order chi connectivity index (χ1) is 16.0. The molecule has 1 aromatic heterocycles. The van der Waals surface area contributed by atoms with Gasteiger partial charge in [0, 0.05) is 22.1 Å². The molecule has 4 aromatic rings. The van der Waals surface area contributed by atoms with Crippen molar-refractivity contribution in [2.75, 3.05) is 16.4 Å². The number of carbonyl (C=O) groups is 1. The first-order valence-corrected chi connectivity index (χ1v) is 11.9. The van der Waals surface area contributed by atoms with Crippen molar-refractivity contribution in [3.8, 4) is 5.69 Å². The quantitative estimate of drug-likeness (QED) is 0.310. The van der Waals surface area contributed by atoms with Gasteiger partial charge in [0.2, 0.25) is 5.91 Å². The Balaban J connectivity index is 1.49. The minimum Gasteiger partial charge on any atom is -0.378 e. The van der Waals surface area contributed by atoms with Crippen LogP contribution in [-0.4, -0.2) is 26.4 Å². The number of aromatic nitrogens is 3. The van der Waals surface area contributed by atoms with Gasteiger partial charge >= 0.3 is 0 Å². The van der Waals surface area contributed by atoms with Crippen LogP contribution in [0.15, 0.2) is 78.0 Å². The highest BCUT2D eigenvalue weighted by Gasteiger charge is 2.16. The van der Waals surface area contributed by atoms with Crippen LogP contribution in [0.2, 0.25) is 5.02 Å². The van der Waals surface area contributed by atoms with Crippen molar-refractivity contribution in [1.82, 2.24) is 14.8 Å². The van der Waals surface area contributed by atoms with Gasteiger partial charge < -0.3 is 10.6 Å². The summed E-state index contributed by atoms with van der Waals surface area (Å²) in [7, 11) is 0. The van der Waals surface area contributed by atoms with Crippen LogP contribution in [0, 0.1) is 13.8 Å². The molecule has 0 radical (unpaired) electrons. The predicted octanol–water partition coefficient (Wildman–Crippen LogP) is 5.88. The zero-order chi connectivity index (χ0) is 23.2. The average molecular weight is 478 g/mol. The highest BCUT2D eigenvalue weighted by atomic mass is 35.5. The molecule has 0 aliphatic rings. The number of para-hydroxylation sites is 2. The Morgan fingerprint density at radius 1 is 0.970 bits per heavy atom. The van der Waals surface area contributed by atoms with Crippen molar-refractivity contribution < 1.29 is 4.79 Å². The maximum absolute atomic E-state index is 12.5. The fraction of sp³-hybridized carbons (Fsp3) is 0.160. The summed E-state index contributed by atoms with van der Waals surface area (Å²) in [5.74, 6) is 0.821. The molecule has 0 aliphatic heterocycles. The second kappa shape index (κ2) is 10.6. The van der Waals surface area contributed by atoms with E-state index >= 15 is 0 Å². The molecule has 4 rings (SSSR count). The normalized spacial score (nSPS) is 10.8. The molecule has 0 spiro atoms. The fourth-order valence-corrected chi connectivity index (χ4v) is 4.24. The molecule has 6 nitrogen and oxygen atoms in total. The summed E-state index contributed by atoms with van der Waals surface area (Å²) in [6.07, 6.45) is 0. The number of aryl methyl sites for hydroxylation is 2. The average Bonchev–Trinajstić information content (AvgIpc) is 3.23. The molecule has 0 fully saturated rings. The lowest BCUT2D eigenvalue weighted by Crippen LogP contribution is -2.15. The summed E-state index contributed by atoms with van der Waals surface area (Å²) < 4.78 is 1.98. The summed E-state index contributed by atoms with van der Waals surface area (Å²) in [5, 5.41) is 16.4. The van der Waals surface area contributed by atoms with E-state index in [9.17, 15) is 4.79 Å². The van der Waals surface area contributed by atoms with Gasteiger partial charge in [0.1, 0.15) is 0 Å². The molecular formula is C25H24ClN5OS. The Bertz CT molecular complexity index is 1260. The molecule has 168 valence electrons. The van der Waals surface area contributed by atoms with E-state index < -0.39 is 0 Å². The molecule has 0 saturated carbocycles. The van der Waals surface area contributed by atoms with Gasteiger partial charge in [-0.2, -0.15) is 0 Å². The third-order valence-corrected chi connectivity index (χ3v) is 6.42. The standard InChI is InChI=1S/C25H24ClN5OS/c1-17-12-13-19(14-21(17)26)28-24(32)16-33-25-30-29-23(31(25)20-9-4-3-5-10-20)15-27-22-11-7-6-8-18(22)2/h3-14,27H,15-16H2,1-2H3,(H,28,32). The molecule has 1 heterocycles. The Hall–Kier alpha value is -3.29. The number of amides is 1. The van der Waals surface area contributed by atoms with Gasteiger partial charge in [-0.3, -0.25) is 9.36 Å². The maximum Gasteiger partial charge on any atom is 0.234 e. The molecule has 8 heteroatoms. The fourth-order valence-electron chi connectivity index (χ4n) is 3.29. The van der Waals surface area contributed by atoms with E-state index in [1.54, 1.807) is 6.07 Å². The van der Waals surface area contributed by atoms with E-state index in [-0.39, 0.29) is 11.7 Å². The van der Waals surface area contributed by atoms with Gasteiger partial charge in [0.05, 0.1) is 12.3 Å². The van der Waals surface area contributed by atoms with Crippen LogP contribution < -0.4 is 10.6 Å². The van der Waals surface area contributed by atoms with E-state index in [0.29, 0.717) is 22.4 Å². The highest BCUT2D eigenvalue weighted by Crippen LogP contribution is 2.24. The summed E-state index contributed by atoms with van der Waals surface area (Å²) in [4.78, 5) is 12.5. The SMILES string of the molecule is Cc1ccc(NC(=O)CSc2nnc(CNc3ccccc3C)n2-c2ccccc2)cc1Cl. The first-order valence-electron chi connectivity index (χ1n) is 10.5. The predicted molar refractivity (Wildman–Crippen MR) is 135 cm³/mol. The minimum absolute atomic E-state index is 0.137. The topological polar surface area (TPSA) is 71.8 Å². The van der Waals surface area contributed by atoms with Crippen LogP contribution in [0.25, 0.3) is 5.69 Å². The zero-order valence-electron chi connectivity index (χ0n) is 18.4. The van der Waals surface area contributed by atoms with Crippen LogP contribution in [0.4, 0.5) is 11.4 Å². The lowest BCUT2D eigenvalue weighted by Gasteiger charge is -2.12. The Morgan fingerprint density at radius 3 is 2.48 bits per heavy atom. The molecular weight excluding hydrogens is 454 g/mol. The highest BCUT2D eigenvalue weighted by molar-refractivity contribution is 7.99. The molecule has 0 unspecified atom stereocenters. The molecule has 0 saturated heterocycles. The van der Waals surface area contributed by atoms with Crippen molar-refractivity contribution >= 4 is 40.6 Å². The van der Waals surface area contributed by atoms with E-state index in [2.05, 4.69) is 33.8 Å². The van der Waals surface area contributed by atoms with Gasteiger partial charge in [-0.05, 0) is 55.3 Å².